The van der Waals surface area contributed by atoms with Gasteiger partial charge in [-0.25, -0.2) is 4.98 Å². The van der Waals surface area contributed by atoms with Gasteiger partial charge in [-0.15, -0.1) is 11.3 Å². The molecule has 0 atom stereocenters. The van der Waals surface area contributed by atoms with Gasteiger partial charge in [0.2, 0.25) is 0 Å². The van der Waals surface area contributed by atoms with Gasteiger partial charge >= 0.3 is 0 Å². The number of aromatic nitrogens is 2. The molecule has 0 aliphatic rings. The summed E-state index contributed by atoms with van der Waals surface area (Å²) in [6.45, 7) is 7.54. The summed E-state index contributed by atoms with van der Waals surface area (Å²) in [6.07, 6.45) is 0. The average molecular weight is 387 g/mol. The zero-order valence-corrected chi connectivity index (χ0v) is 17.2. The predicted molar refractivity (Wildman–Crippen MR) is 113 cm³/mol. The first kappa shape index (κ1) is 19.4. The Labute approximate surface area is 163 Å². The Balaban J connectivity index is 1.97. The van der Waals surface area contributed by atoms with E-state index in [-0.39, 0.29) is 5.43 Å². The number of hydrogen-bond donors (Lipinski definition) is 2. The highest BCUT2D eigenvalue weighted by atomic mass is 32.1. The first-order valence-electron chi connectivity index (χ1n) is 9.01. The van der Waals surface area contributed by atoms with Gasteiger partial charge in [-0.2, -0.15) is 0 Å². The first-order chi connectivity index (χ1) is 12.8. The minimum atomic E-state index is -0.0203. The minimum absolute atomic E-state index is 0.0203. The zero-order chi connectivity index (χ0) is 19.6. The van der Waals surface area contributed by atoms with Gasteiger partial charge in [-0.05, 0) is 47.0 Å². The Morgan fingerprint density at radius 1 is 1.33 bits per heavy atom. The van der Waals surface area contributed by atoms with Crippen LogP contribution in [0.1, 0.15) is 19.4 Å². The first-order valence-corrected chi connectivity index (χ1v) is 9.89. The van der Waals surface area contributed by atoms with Crippen LogP contribution >= 0.6 is 11.3 Å². The Hall–Kier alpha value is -2.38. The fourth-order valence-electron chi connectivity index (χ4n) is 2.78. The predicted octanol–water partition coefficient (Wildman–Crippen LogP) is 3.72. The van der Waals surface area contributed by atoms with Crippen molar-refractivity contribution in [1.82, 2.24) is 14.9 Å². The normalized spacial score (nSPS) is 11.5. The largest absolute Gasteiger partial charge is 0.492 e. The van der Waals surface area contributed by atoms with Crippen molar-refractivity contribution >= 4 is 27.4 Å². The van der Waals surface area contributed by atoms with Crippen molar-refractivity contribution in [2.75, 3.05) is 32.6 Å². The van der Waals surface area contributed by atoms with Gasteiger partial charge < -0.3 is 19.9 Å². The molecule has 2 aromatic heterocycles. The van der Waals surface area contributed by atoms with Gasteiger partial charge in [-0.3, -0.25) is 4.79 Å². The van der Waals surface area contributed by atoms with Crippen LogP contribution in [0, 0.1) is 6.92 Å². The fourth-order valence-corrected chi connectivity index (χ4v) is 3.64. The van der Waals surface area contributed by atoms with Gasteiger partial charge in [0.05, 0.1) is 16.9 Å². The molecule has 2 N–H and O–H groups in total. The summed E-state index contributed by atoms with van der Waals surface area (Å²) in [7, 11) is 4.02. The van der Waals surface area contributed by atoms with Crippen molar-refractivity contribution in [3.8, 4) is 17.1 Å². The van der Waals surface area contributed by atoms with Gasteiger partial charge in [0.1, 0.15) is 12.4 Å². The Morgan fingerprint density at radius 2 is 2.11 bits per heavy atom. The number of nitrogens with zero attached hydrogens (tertiary/aromatic N) is 2. The molecule has 0 spiro atoms. The van der Waals surface area contributed by atoms with Crippen LogP contribution in [0.2, 0.25) is 0 Å². The molecule has 3 aromatic rings. The molecule has 144 valence electrons. The van der Waals surface area contributed by atoms with Crippen molar-refractivity contribution in [2.24, 2.45) is 0 Å². The summed E-state index contributed by atoms with van der Waals surface area (Å²) in [5, 5.41) is 6.75. The second-order valence-corrected chi connectivity index (χ2v) is 8.01. The number of likely N-dealkylation sites (N-methyl/N-ethyl adjacent to an activating group) is 1. The van der Waals surface area contributed by atoms with E-state index in [2.05, 4.69) is 34.0 Å². The van der Waals surface area contributed by atoms with Crippen LogP contribution in [0.4, 0.5) is 5.13 Å². The molecule has 7 heteroatoms. The van der Waals surface area contributed by atoms with Crippen molar-refractivity contribution < 1.29 is 4.74 Å². The van der Waals surface area contributed by atoms with Gasteiger partial charge in [0.25, 0.3) is 0 Å². The van der Waals surface area contributed by atoms with Gasteiger partial charge in [0, 0.05) is 35.0 Å². The van der Waals surface area contributed by atoms with E-state index in [4.69, 9.17) is 4.74 Å². The quantitative estimate of drug-likeness (QED) is 0.648. The van der Waals surface area contributed by atoms with Crippen LogP contribution in [-0.4, -0.2) is 48.2 Å². The molecule has 3 rings (SSSR count). The number of hydrogen-bond acceptors (Lipinski definition) is 6. The van der Waals surface area contributed by atoms with E-state index in [0.717, 1.165) is 34.2 Å². The number of benzene rings is 1. The maximum Gasteiger partial charge on any atom is 0.190 e. The highest BCUT2D eigenvalue weighted by molar-refractivity contribution is 7.14. The number of fused-ring (bicyclic) bond motifs is 1. The smallest absolute Gasteiger partial charge is 0.190 e. The maximum absolute atomic E-state index is 12.6. The van der Waals surface area contributed by atoms with Crippen LogP contribution in [0.3, 0.4) is 0 Å². The number of nitrogens with one attached hydrogen (secondary N) is 2. The minimum Gasteiger partial charge on any atom is -0.492 e. The molecule has 0 aliphatic carbocycles. The summed E-state index contributed by atoms with van der Waals surface area (Å²) in [5.74, 6) is 0.789. The summed E-state index contributed by atoms with van der Waals surface area (Å²) >= 11 is 1.53. The van der Waals surface area contributed by atoms with Crippen molar-refractivity contribution in [3.05, 3.63) is 39.4 Å². The Kier molecular flexibility index (Phi) is 5.82. The number of rotatable bonds is 7. The molecule has 0 aliphatic heterocycles. The van der Waals surface area contributed by atoms with Crippen molar-refractivity contribution in [3.63, 3.8) is 0 Å². The third kappa shape index (κ3) is 4.48. The molecule has 27 heavy (non-hydrogen) atoms. The fraction of sp³-hybridized carbons (Fsp3) is 0.400. The van der Waals surface area contributed by atoms with Crippen LogP contribution in [0.15, 0.2) is 28.4 Å². The van der Waals surface area contributed by atoms with Crippen LogP contribution in [0.5, 0.6) is 5.75 Å². The summed E-state index contributed by atoms with van der Waals surface area (Å²) in [5.41, 5.74) is 3.19. The molecule has 2 heterocycles. The lowest BCUT2D eigenvalue weighted by Gasteiger charge is -2.14. The number of anilines is 1. The monoisotopic (exact) mass is 386 g/mol. The lowest BCUT2D eigenvalue weighted by atomic mass is 10.1. The molecule has 0 unspecified atom stereocenters. The lowest BCUT2D eigenvalue weighted by Crippen LogP contribution is -2.19. The summed E-state index contributed by atoms with van der Waals surface area (Å²) < 4.78 is 5.90. The molecular formula is C20H26N4O2S. The number of thiazole rings is 1. The van der Waals surface area contributed by atoms with Crippen molar-refractivity contribution in [2.45, 2.75) is 26.8 Å². The van der Waals surface area contributed by atoms with Crippen LogP contribution < -0.4 is 15.5 Å². The number of ether oxygens (including phenoxy) is 1. The highest BCUT2D eigenvalue weighted by Crippen LogP contribution is 2.28. The summed E-state index contributed by atoms with van der Waals surface area (Å²) in [4.78, 5) is 22.7. The molecule has 0 saturated carbocycles. The van der Waals surface area contributed by atoms with E-state index in [1.54, 1.807) is 6.07 Å². The third-order valence-electron chi connectivity index (χ3n) is 4.20. The van der Waals surface area contributed by atoms with E-state index < -0.39 is 0 Å². The van der Waals surface area contributed by atoms with E-state index in [0.29, 0.717) is 23.7 Å². The van der Waals surface area contributed by atoms with E-state index in [1.807, 2.05) is 38.5 Å². The van der Waals surface area contributed by atoms with E-state index in [1.165, 1.54) is 11.3 Å². The van der Waals surface area contributed by atoms with Gasteiger partial charge in [0.15, 0.2) is 10.6 Å². The maximum atomic E-state index is 12.6. The Bertz CT molecular complexity index is 991. The van der Waals surface area contributed by atoms with Crippen LogP contribution in [0.25, 0.3) is 22.3 Å². The molecule has 6 nitrogen and oxygen atoms in total. The number of pyridine rings is 1. The van der Waals surface area contributed by atoms with E-state index >= 15 is 0 Å². The SMILES string of the molecule is Cc1c(OCCN(C)C)ccc2c(=O)cc(-c3csc(NC(C)C)n3)[nH]c12. The standard InChI is InChI=1S/C20H26N4O2S/c1-12(2)21-20-23-16(11-27-20)15-10-17(25)14-6-7-18(13(3)19(14)22-15)26-9-8-24(4)5/h6-7,10-12H,8-9H2,1-5H3,(H,21,23)(H,22,25). The van der Waals surface area contributed by atoms with Gasteiger partial charge in [-0.1, -0.05) is 0 Å². The zero-order valence-electron chi connectivity index (χ0n) is 16.4. The summed E-state index contributed by atoms with van der Waals surface area (Å²) in [6, 6.07) is 5.62. The molecule has 1 aromatic carbocycles. The highest BCUT2D eigenvalue weighted by Gasteiger charge is 2.12. The molecule has 0 saturated heterocycles. The third-order valence-corrected chi connectivity index (χ3v) is 4.98. The van der Waals surface area contributed by atoms with Crippen LogP contribution in [-0.2, 0) is 0 Å². The number of aryl methyl sites for hydroxylation is 1. The molecule has 0 amide bonds. The Morgan fingerprint density at radius 3 is 2.81 bits per heavy atom. The molecule has 0 radical (unpaired) electrons. The number of aromatic amines is 1. The van der Waals surface area contributed by atoms with Crippen molar-refractivity contribution in [1.29, 1.82) is 0 Å². The average Bonchev–Trinajstić information content (AvgIpc) is 3.04. The molecule has 0 fully saturated rings. The topological polar surface area (TPSA) is 70.2 Å². The second-order valence-electron chi connectivity index (χ2n) is 7.15. The number of H-pyrrole nitrogens is 1. The molecular weight excluding hydrogens is 360 g/mol. The lowest BCUT2D eigenvalue weighted by molar-refractivity contribution is 0.260. The molecule has 0 bridgehead atoms. The second kappa shape index (κ2) is 8.10. The van der Waals surface area contributed by atoms with E-state index in [9.17, 15) is 4.79 Å².